The Bertz CT molecular complexity index is 686. The summed E-state index contributed by atoms with van der Waals surface area (Å²) in [6.07, 6.45) is 1.89. The second-order valence-corrected chi connectivity index (χ2v) is 5.36. The van der Waals surface area contributed by atoms with Crippen LogP contribution in [-0.4, -0.2) is 8.94 Å². The summed E-state index contributed by atoms with van der Waals surface area (Å²) in [6.45, 7) is 0.756. The van der Waals surface area contributed by atoms with Gasteiger partial charge in [0.05, 0.1) is 11.2 Å². The molecule has 2 aromatic heterocycles. The number of anilines is 1. The quantitative estimate of drug-likeness (QED) is 0.787. The van der Waals surface area contributed by atoms with Crippen LogP contribution in [-0.2, 0) is 13.6 Å². The van der Waals surface area contributed by atoms with Gasteiger partial charge < -0.3 is 9.88 Å². The Balaban J connectivity index is 1.78. The van der Waals surface area contributed by atoms with E-state index >= 15 is 0 Å². The molecule has 0 saturated heterocycles. The van der Waals surface area contributed by atoms with Gasteiger partial charge in [-0.3, -0.25) is 0 Å². The van der Waals surface area contributed by atoms with E-state index in [1.807, 2.05) is 29.9 Å². The van der Waals surface area contributed by atoms with Crippen LogP contribution in [0.4, 0.5) is 5.69 Å². The number of fused-ring (bicyclic) bond motifs is 1. The normalized spacial score (nSPS) is 11.0. The van der Waals surface area contributed by atoms with Crippen LogP contribution in [0.15, 0.2) is 36.5 Å². The smallest absolute Gasteiger partial charge is 0.108 e. The monoisotopic (exact) mass is 277 g/mol. The number of hydrogen-bond donors (Lipinski definition) is 1. The van der Waals surface area contributed by atoms with Crippen LogP contribution in [0, 0.1) is 0 Å². The van der Waals surface area contributed by atoms with Crippen molar-refractivity contribution in [1.29, 1.82) is 0 Å². The van der Waals surface area contributed by atoms with Gasteiger partial charge in [-0.25, -0.2) is 0 Å². The van der Waals surface area contributed by atoms with Crippen molar-refractivity contribution in [2.45, 2.75) is 6.54 Å². The highest BCUT2D eigenvalue weighted by molar-refractivity contribution is 7.13. The van der Waals surface area contributed by atoms with Crippen molar-refractivity contribution in [2.24, 2.45) is 7.05 Å². The molecule has 18 heavy (non-hydrogen) atoms. The molecule has 3 aromatic rings. The van der Waals surface area contributed by atoms with E-state index in [0.717, 1.165) is 23.1 Å². The Labute approximate surface area is 114 Å². The zero-order valence-electron chi connectivity index (χ0n) is 9.85. The first-order chi connectivity index (χ1) is 8.74. The Morgan fingerprint density at radius 3 is 3.00 bits per heavy atom. The Morgan fingerprint density at radius 2 is 2.22 bits per heavy atom. The van der Waals surface area contributed by atoms with Gasteiger partial charge in [-0.1, -0.05) is 11.6 Å². The lowest BCUT2D eigenvalue weighted by atomic mass is 10.2. The van der Waals surface area contributed by atoms with Crippen LogP contribution < -0.4 is 5.32 Å². The van der Waals surface area contributed by atoms with Crippen LogP contribution in [0.3, 0.4) is 0 Å². The third kappa shape index (κ3) is 2.09. The molecule has 0 saturated carbocycles. The molecule has 5 heteroatoms. The number of benzene rings is 1. The van der Waals surface area contributed by atoms with Gasteiger partial charge in [0.15, 0.2) is 0 Å². The first-order valence-electron chi connectivity index (χ1n) is 5.62. The van der Waals surface area contributed by atoms with Gasteiger partial charge in [0.25, 0.3) is 0 Å². The summed E-state index contributed by atoms with van der Waals surface area (Å²) < 4.78 is 7.35. The average molecular weight is 278 g/mol. The lowest BCUT2D eigenvalue weighted by Gasteiger charge is -2.08. The fourth-order valence-corrected chi connectivity index (χ4v) is 2.68. The van der Waals surface area contributed by atoms with E-state index in [-0.39, 0.29) is 0 Å². The zero-order valence-corrected chi connectivity index (χ0v) is 11.4. The van der Waals surface area contributed by atoms with Crippen molar-refractivity contribution in [3.8, 4) is 0 Å². The van der Waals surface area contributed by atoms with Crippen molar-refractivity contribution in [3.63, 3.8) is 0 Å². The van der Waals surface area contributed by atoms with Gasteiger partial charge in [0.1, 0.15) is 5.15 Å². The molecule has 0 fully saturated rings. The largest absolute Gasteiger partial charge is 0.379 e. The maximum Gasteiger partial charge on any atom is 0.108 e. The molecule has 2 heterocycles. The number of nitrogens with zero attached hydrogens (tertiary/aromatic N) is 2. The van der Waals surface area contributed by atoms with Crippen molar-refractivity contribution >= 4 is 38.9 Å². The maximum atomic E-state index is 6.00. The van der Waals surface area contributed by atoms with Crippen LogP contribution in [0.5, 0.6) is 0 Å². The maximum absolute atomic E-state index is 6.00. The van der Waals surface area contributed by atoms with E-state index in [4.69, 9.17) is 11.6 Å². The second-order valence-electron chi connectivity index (χ2n) is 4.14. The zero-order chi connectivity index (χ0) is 12.5. The summed E-state index contributed by atoms with van der Waals surface area (Å²) in [5.74, 6) is 0. The van der Waals surface area contributed by atoms with E-state index in [2.05, 4.69) is 27.9 Å². The summed E-state index contributed by atoms with van der Waals surface area (Å²) >= 11 is 7.52. The van der Waals surface area contributed by atoms with Crippen LogP contribution >= 0.6 is 23.1 Å². The Hall–Kier alpha value is -1.52. The molecule has 0 amide bonds. The molecular formula is C13H12ClN3S. The van der Waals surface area contributed by atoms with Gasteiger partial charge in [0, 0.05) is 30.0 Å². The molecule has 0 bridgehead atoms. The van der Waals surface area contributed by atoms with Crippen molar-refractivity contribution in [3.05, 3.63) is 47.4 Å². The van der Waals surface area contributed by atoms with Gasteiger partial charge in [-0.05, 0) is 41.9 Å². The van der Waals surface area contributed by atoms with Gasteiger partial charge in [-0.15, -0.1) is 0 Å². The third-order valence-corrected chi connectivity index (χ3v) is 4.15. The van der Waals surface area contributed by atoms with Crippen LogP contribution in [0.2, 0.25) is 5.15 Å². The molecule has 3 rings (SSSR count). The molecule has 0 spiro atoms. The minimum Gasteiger partial charge on any atom is -0.379 e. The molecule has 0 aliphatic carbocycles. The number of rotatable bonds is 3. The van der Waals surface area contributed by atoms with E-state index in [1.165, 1.54) is 21.6 Å². The number of halogens is 1. The van der Waals surface area contributed by atoms with Crippen molar-refractivity contribution in [2.75, 3.05) is 5.32 Å². The lowest BCUT2D eigenvalue weighted by molar-refractivity contribution is 0.843. The predicted octanol–water partition coefficient (Wildman–Crippen LogP) is 3.90. The van der Waals surface area contributed by atoms with Crippen molar-refractivity contribution < 1.29 is 0 Å². The summed E-state index contributed by atoms with van der Waals surface area (Å²) in [5, 5.41) is 5.32. The first kappa shape index (κ1) is 11.6. The van der Waals surface area contributed by atoms with E-state index in [1.54, 1.807) is 0 Å². The van der Waals surface area contributed by atoms with Crippen molar-refractivity contribution in [1.82, 2.24) is 8.94 Å². The Kier molecular flexibility index (Phi) is 2.97. The second kappa shape index (κ2) is 4.63. The first-order valence-corrected chi connectivity index (χ1v) is 6.77. The van der Waals surface area contributed by atoms with E-state index in [0.29, 0.717) is 0 Å². The van der Waals surface area contributed by atoms with Crippen LogP contribution in [0.25, 0.3) is 10.1 Å². The molecule has 0 aliphatic rings. The number of nitrogens with one attached hydrogen (secondary N) is 1. The topological polar surface area (TPSA) is 29.9 Å². The highest BCUT2D eigenvalue weighted by Gasteiger charge is 2.03. The summed E-state index contributed by atoms with van der Waals surface area (Å²) in [7, 11) is 1.96. The summed E-state index contributed by atoms with van der Waals surface area (Å²) in [4.78, 5) is 0. The molecule has 1 N–H and O–H groups in total. The number of aromatic nitrogens is 2. The summed E-state index contributed by atoms with van der Waals surface area (Å²) in [5.41, 5.74) is 2.25. The predicted molar refractivity (Wildman–Crippen MR) is 77.4 cm³/mol. The van der Waals surface area contributed by atoms with E-state index < -0.39 is 0 Å². The Morgan fingerprint density at radius 1 is 1.33 bits per heavy atom. The highest BCUT2D eigenvalue weighted by Crippen LogP contribution is 2.22. The molecular weight excluding hydrogens is 266 g/mol. The fourth-order valence-electron chi connectivity index (χ4n) is 1.88. The minimum atomic E-state index is 0.754. The average Bonchev–Trinajstić information content (AvgIpc) is 2.96. The molecule has 92 valence electrons. The molecule has 0 radical (unpaired) electrons. The fraction of sp³-hybridized carbons (Fsp3) is 0.154. The van der Waals surface area contributed by atoms with Crippen LogP contribution in [0.1, 0.15) is 5.69 Å². The molecule has 1 aromatic carbocycles. The SMILES string of the molecule is Cn1c(Cl)ccc1CNc1ccc2sncc2c1. The molecule has 0 atom stereocenters. The standard InChI is InChI=1S/C13H12ClN3S/c1-17-11(3-5-13(17)14)8-15-10-2-4-12-9(6-10)7-16-18-12/h2-7,15H,8H2,1H3. The van der Waals surface area contributed by atoms with E-state index in [9.17, 15) is 0 Å². The highest BCUT2D eigenvalue weighted by atomic mass is 35.5. The van der Waals surface area contributed by atoms with Gasteiger partial charge in [0.2, 0.25) is 0 Å². The van der Waals surface area contributed by atoms with Gasteiger partial charge in [-0.2, -0.15) is 4.37 Å². The minimum absolute atomic E-state index is 0.754. The molecule has 0 unspecified atom stereocenters. The molecule has 3 nitrogen and oxygen atoms in total. The number of hydrogen-bond acceptors (Lipinski definition) is 3. The third-order valence-electron chi connectivity index (χ3n) is 2.99. The molecule has 0 aliphatic heterocycles. The van der Waals surface area contributed by atoms with Gasteiger partial charge >= 0.3 is 0 Å². The summed E-state index contributed by atoms with van der Waals surface area (Å²) in [6, 6.07) is 10.2. The lowest BCUT2D eigenvalue weighted by Crippen LogP contribution is -2.04.